The Balaban J connectivity index is 1.67. The Morgan fingerprint density at radius 1 is 0.409 bits per heavy atom. The number of benzene rings is 3. The van der Waals surface area contributed by atoms with Crippen molar-refractivity contribution in [1.82, 2.24) is 0 Å². The number of hydrogen-bond acceptors (Lipinski definition) is 2. The third kappa shape index (κ3) is 4.66. The highest BCUT2D eigenvalue weighted by atomic mass is 79.9. The normalized spacial score (nSPS) is 10.6. The van der Waals surface area contributed by atoms with Crippen LogP contribution in [0.15, 0.2) is 101 Å². The smallest absolute Gasteiger partial charge is 0.0176 e. The summed E-state index contributed by atoms with van der Waals surface area (Å²) in [5.41, 5.74) is 0. The van der Waals surface area contributed by atoms with Gasteiger partial charge in [-0.05, 0) is 72.8 Å². The SMILES string of the molecule is Brc1ccc(Sc2ccc(Sc3ccc(Br)cc3)cc2)cc1. The Bertz CT molecular complexity index is 669. The van der Waals surface area contributed by atoms with Gasteiger partial charge in [0.05, 0.1) is 0 Å². The molecule has 0 fully saturated rings. The molecule has 22 heavy (non-hydrogen) atoms. The van der Waals surface area contributed by atoms with Crippen LogP contribution in [-0.4, -0.2) is 0 Å². The molecule has 0 N–H and O–H groups in total. The molecule has 0 heterocycles. The fourth-order valence-electron chi connectivity index (χ4n) is 1.85. The van der Waals surface area contributed by atoms with Crippen LogP contribution in [0.5, 0.6) is 0 Å². The van der Waals surface area contributed by atoms with Gasteiger partial charge in [-0.25, -0.2) is 0 Å². The van der Waals surface area contributed by atoms with Gasteiger partial charge in [0.2, 0.25) is 0 Å². The van der Waals surface area contributed by atoms with E-state index in [1.54, 1.807) is 23.5 Å². The van der Waals surface area contributed by atoms with E-state index < -0.39 is 0 Å². The average molecular weight is 452 g/mol. The van der Waals surface area contributed by atoms with Crippen molar-refractivity contribution in [1.29, 1.82) is 0 Å². The van der Waals surface area contributed by atoms with Crippen molar-refractivity contribution in [2.24, 2.45) is 0 Å². The first kappa shape index (κ1) is 16.2. The predicted octanol–water partition coefficient (Wildman–Crippen LogP) is 7.51. The number of halogens is 2. The van der Waals surface area contributed by atoms with Gasteiger partial charge >= 0.3 is 0 Å². The molecule has 0 saturated carbocycles. The second-order valence-corrected chi connectivity index (χ2v) is 8.71. The molecule has 0 bridgehead atoms. The van der Waals surface area contributed by atoms with E-state index in [0.717, 1.165) is 8.95 Å². The molecule has 3 rings (SSSR count). The zero-order chi connectivity index (χ0) is 15.4. The first-order valence-electron chi connectivity index (χ1n) is 6.66. The van der Waals surface area contributed by atoms with Crippen LogP contribution in [0.4, 0.5) is 0 Å². The van der Waals surface area contributed by atoms with Crippen molar-refractivity contribution in [3.05, 3.63) is 81.7 Å². The van der Waals surface area contributed by atoms with Gasteiger partial charge < -0.3 is 0 Å². The van der Waals surface area contributed by atoms with Gasteiger partial charge in [-0.1, -0.05) is 55.4 Å². The van der Waals surface area contributed by atoms with Crippen LogP contribution in [-0.2, 0) is 0 Å². The third-order valence-electron chi connectivity index (χ3n) is 2.92. The maximum Gasteiger partial charge on any atom is 0.0176 e. The summed E-state index contributed by atoms with van der Waals surface area (Å²) in [5, 5.41) is 0. The summed E-state index contributed by atoms with van der Waals surface area (Å²) in [4.78, 5) is 5.00. The van der Waals surface area contributed by atoms with E-state index >= 15 is 0 Å². The van der Waals surface area contributed by atoms with Crippen LogP contribution in [0.3, 0.4) is 0 Å². The van der Waals surface area contributed by atoms with E-state index in [1.165, 1.54) is 19.6 Å². The van der Waals surface area contributed by atoms with Gasteiger partial charge in [-0.3, -0.25) is 0 Å². The zero-order valence-electron chi connectivity index (χ0n) is 11.5. The minimum Gasteiger partial charge on any atom is -0.0901 e. The Hall–Kier alpha value is -0.680. The van der Waals surface area contributed by atoms with Crippen molar-refractivity contribution in [3.63, 3.8) is 0 Å². The fraction of sp³-hybridized carbons (Fsp3) is 0. The molecule has 110 valence electrons. The summed E-state index contributed by atoms with van der Waals surface area (Å²) in [5.74, 6) is 0. The quantitative estimate of drug-likeness (QED) is 0.402. The Kier molecular flexibility index (Phi) is 5.69. The average Bonchev–Trinajstić information content (AvgIpc) is 2.54. The molecule has 0 aromatic heterocycles. The highest BCUT2D eigenvalue weighted by Crippen LogP contribution is 2.33. The van der Waals surface area contributed by atoms with Crippen LogP contribution in [0, 0.1) is 0 Å². The van der Waals surface area contributed by atoms with Crippen molar-refractivity contribution >= 4 is 55.4 Å². The van der Waals surface area contributed by atoms with Crippen LogP contribution < -0.4 is 0 Å². The molecule has 0 amide bonds. The minimum absolute atomic E-state index is 1.11. The summed E-state index contributed by atoms with van der Waals surface area (Å²) >= 11 is 10.5. The molecule has 3 aromatic carbocycles. The van der Waals surface area contributed by atoms with Crippen molar-refractivity contribution in [2.75, 3.05) is 0 Å². The Morgan fingerprint density at radius 2 is 0.636 bits per heavy atom. The summed E-state index contributed by atoms with van der Waals surface area (Å²) in [6.45, 7) is 0. The molecule has 0 spiro atoms. The predicted molar refractivity (Wildman–Crippen MR) is 103 cm³/mol. The van der Waals surface area contributed by atoms with Crippen molar-refractivity contribution < 1.29 is 0 Å². The molecule has 0 atom stereocenters. The van der Waals surface area contributed by atoms with E-state index in [2.05, 4.69) is 105 Å². The summed E-state index contributed by atoms with van der Waals surface area (Å²) in [6, 6.07) is 25.5. The first-order valence-corrected chi connectivity index (χ1v) is 9.88. The van der Waals surface area contributed by atoms with Crippen LogP contribution >= 0.6 is 55.4 Å². The summed E-state index contributed by atoms with van der Waals surface area (Å²) in [6.07, 6.45) is 0. The fourth-order valence-corrected chi connectivity index (χ4v) is 4.01. The summed E-state index contributed by atoms with van der Waals surface area (Å²) < 4.78 is 2.22. The lowest BCUT2D eigenvalue weighted by molar-refractivity contribution is 1.33. The number of rotatable bonds is 4. The molecule has 0 unspecified atom stereocenters. The standard InChI is InChI=1S/C18H12Br2S2/c19-13-1-5-15(6-2-13)21-17-9-11-18(12-10-17)22-16-7-3-14(20)4-8-16/h1-12H. The van der Waals surface area contributed by atoms with E-state index in [4.69, 9.17) is 0 Å². The Labute approximate surface area is 156 Å². The van der Waals surface area contributed by atoms with Gasteiger partial charge in [-0.2, -0.15) is 0 Å². The lowest BCUT2D eigenvalue weighted by Gasteiger charge is -2.05. The number of hydrogen-bond donors (Lipinski definition) is 0. The summed E-state index contributed by atoms with van der Waals surface area (Å²) in [7, 11) is 0. The molecule has 0 nitrogen and oxygen atoms in total. The monoisotopic (exact) mass is 450 g/mol. The molecule has 0 saturated heterocycles. The first-order chi connectivity index (χ1) is 10.7. The lowest BCUT2D eigenvalue weighted by Crippen LogP contribution is -1.76. The highest BCUT2D eigenvalue weighted by molar-refractivity contribution is 9.10. The third-order valence-corrected chi connectivity index (χ3v) is 6.01. The molecule has 3 aromatic rings. The van der Waals surface area contributed by atoms with Crippen molar-refractivity contribution in [2.45, 2.75) is 19.6 Å². The van der Waals surface area contributed by atoms with E-state index in [-0.39, 0.29) is 0 Å². The van der Waals surface area contributed by atoms with Gasteiger partial charge in [0, 0.05) is 28.5 Å². The molecule has 0 aliphatic rings. The second-order valence-electron chi connectivity index (χ2n) is 4.58. The topological polar surface area (TPSA) is 0 Å². The van der Waals surface area contributed by atoms with E-state index in [9.17, 15) is 0 Å². The van der Waals surface area contributed by atoms with Gasteiger partial charge in [0.15, 0.2) is 0 Å². The largest absolute Gasteiger partial charge is 0.0901 e. The van der Waals surface area contributed by atoms with Gasteiger partial charge in [-0.15, -0.1) is 0 Å². The van der Waals surface area contributed by atoms with Gasteiger partial charge in [0.1, 0.15) is 0 Å². The molecule has 4 heteroatoms. The molecular formula is C18H12Br2S2. The maximum absolute atomic E-state index is 3.46. The van der Waals surface area contributed by atoms with Crippen LogP contribution in [0.2, 0.25) is 0 Å². The molecule has 0 radical (unpaired) electrons. The van der Waals surface area contributed by atoms with Crippen LogP contribution in [0.25, 0.3) is 0 Å². The van der Waals surface area contributed by atoms with Crippen molar-refractivity contribution in [3.8, 4) is 0 Å². The Morgan fingerprint density at radius 3 is 0.909 bits per heavy atom. The highest BCUT2D eigenvalue weighted by Gasteiger charge is 2.00. The zero-order valence-corrected chi connectivity index (χ0v) is 16.3. The van der Waals surface area contributed by atoms with E-state index in [0.29, 0.717) is 0 Å². The van der Waals surface area contributed by atoms with Crippen LogP contribution in [0.1, 0.15) is 0 Å². The molecular weight excluding hydrogens is 440 g/mol. The molecule has 0 aliphatic heterocycles. The molecule has 0 aliphatic carbocycles. The van der Waals surface area contributed by atoms with Gasteiger partial charge in [0.25, 0.3) is 0 Å². The van der Waals surface area contributed by atoms with E-state index in [1.807, 2.05) is 0 Å². The minimum atomic E-state index is 1.11. The maximum atomic E-state index is 3.46. The lowest BCUT2D eigenvalue weighted by atomic mass is 10.4. The second kappa shape index (κ2) is 7.73.